The maximum absolute atomic E-state index is 13.6. The fourth-order valence-corrected chi connectivity index (χ4v) is 5.09. The molecule has 0 aromatic carbocycles. The molecule has 38 heavy (non-hydrogen) atoms. The average molecular weight is 544 g/mol. The molecule has 1 saturated heterocycles. The van der Waals surface area contributed by atoms with E-state index in [1.54, 1.807) is 49.0 Å². The lowest BCUT2D eigenvalue weighted by Crippen LogP contribution is -2.27. The van der Waals surface area contributed by atoms with Crippen LogP contribution in [0, 0.1) is 6.92 Å². The summed E-state index contributed by atoms with van der Waals surface area (Å²) in [6.45, 7) is 11.8. The number of anilines is 1. The van der Waals surface area contributed by atoms with Crippen LogP contribution in [0.5, 0.6) is 5.88 Å². The maximum atomic E-state index is 13.6. The van der Waals surface area contributed by atoms with Gasteiger partial charge in [-0.05, 0) is 52.2 Å². The van der Waals surface area contributed by atoms with Gasteiger partial charge in [0.15, 0.2) is 17.8 Å². The summed E-state index contributed by atoms with van der Waals surface area (Å²) in [6, 6.07) is 4.94. The van der Waals surface area contributed by atoms with E-state index in [0.29, 0.717) is 24.0 Å². The summed E-state index contributed by atoms with van der Waals surface area (Å²) in [5.41, 5.74) is 1.30. The summed E-state index contributed by atoms with van der Waals surface area (Å²) in [7, 11) is -2.72. The molecule has 0 unspecified atom stereocenters. The van der Waals surface area contributed by atoms with Crippen molar-refractivity contribution in [3.63, 3.8) is 0 Å². The van der Waals surface area contributed by atoms with Crippen LogP contribution >= 0.6 is 0 Å². The fraction of sp³-hybridized carbons (Fsp3) is 0.480. The van der Waals surface area contributed by atoms with E-state index in [-0.39, 0.29) is 34.9 Å². The van der Waals surface area contributed by atoms with Crippen molar-refractivity contribution in [2.24, 2.45) is 0 Å². The molecule has 4 rings (SSSR count). The topological polar surface area (TPSA) is 143 Å². The van der Waals surface area contributed by atoms with Gasteiger partial charge in [0.25, 0.3) is 10.0 Å². The molecule has 13 heteroatoms. The second kappa shape index (κ2) is 11.5. The standard InChI is InChI=1S/C25H33N7O5S/c1-15(2)37-22(23-26-13-16(3)14-27-23)18(5)38(33,34)31-25-30-29-24(19-9-7-11-21(28-19)35-6)32(25)17(4)20-10-8-12-36-20/h7,9,11,13-15,17,20,22H,5,8,10,12H2,1-4,6H3,(H,30,31)/t17-,20-,22-/m1/s1. The third-order valence-corrected chi connectivity index (χ3v) is 7.43. The summed E-state index contributed by atoms with van der Waals surface area (Å²) in [6.07, 6.45) is 3.36. The van der Waals surface area contributed by atoms with Gasteiger partial charge in [0.05, 0.1) is 30.3 Å². The lowest BCUT2D eigenvalue weighted by atomic mass is 10.1. The van der Waals surface area contributed by atoms with Crippen LogP contribution in [0.25, 0.3) is 11.5 Å². The van der Waals surface area contributed by atoms with Gasteiger partial charge in [0, 0.05) is 25.1 Å². The van der Waals surface area contributed by atoms with E-state index in [1.165, 1.54) is 7.11 Å². The highest BCUT2D eigenvalue weighted by molar-refractivity contribution is 7.96. The zero-order valence-electron chi connectivity index (χ0n) is 22.2. The Morgan fingerprint density at radius 1 is 1.21 bits per heavy atom. The van der Waals surface area contributed by atoms with Gasteiger partial charge in [-0.1, -0.05) is 12.6 Å². The molecular weight excluding hydrogens is 510 g/mol. The first-order valence-electron chi connectivity index (χ1n) is 12.3. The molecule has 0 radical (unpaired) electrons. The van der Waals surface area contributed by atoms with E-state index in [2.05, 4.69) is 36.5 Å². The zero-order valence-corrected chi connectivity index (χ0v) is 23.0. The van der Waals surface area contributed by atoms with Crippen LogP contribution in [0.3, 0.4) is 0 Å². The van der Waals surface area contributed by atoms with E-state index in [1.807, 2.05) is 13.8 Å². The molecule has 3 aromatic heterocycles. The largest absolute Gasteiger partial charge is 0.481 e. The van der Waals surface area contributed by atoms with Crippen LogP contribution in [-0.2, 0) is 19.5 Å². The summed E-state index contributed by atoms with van der Waals surface area (Å²) in [5, 5.41) is 8.47. The first-order chi connectivity index (χ1) is 18.1. The Balaban J connectivity index is 1.72. The van der Waals surface area contributed by atoms with Crippen LogP contribution in [0.15, 0.2) is 42.1 Å². The van der Waals surface area contributed by atoms with Gasteiger partial charge >= 0.3 is 0 Å². The molecule has 0 bridgehead atoms. The molecule has 4 heterocycles. The summed E-state index contributed by atoms with van der Waals surface area (Å²) in [4.78, 5) is 12.8. The number of rotatable bonds is 11. The number of sulfonamides is 1. The second-order valence-corrected chi connectivity index (χ2v) is 11.1. The zero-order chi connectivity index (χ0) is 27.4. The highest BCUT2D eigenvalue weighted by atomic mass is 32.2. The lowest BCUT2D eigenvalue weighted by molar-refractivity contribution is 0.0275. The van der Waals surface area contributed by atoms with Gasteiger partial charge in [-0.15, -0.1) is 10.2 Å². The van der Waals surface area contributed by atoms with Crippen molar-refractivity contribution in [3.05, 3.63) is 53.5 Å². The molecular formula is C25H33N7O5S. The Labute approximate surface area is 222 Å². The predicted octanol–water partition coefficient (Wildman–Crippen LogP) is 3.61. The van der Waals surface area contributed by atoms with Gasteiger partial charge in [-0.3, -0.25) is 4.57 Å². The van der Waals surface area contributed by atoms with Gasteiger partial charge in [0.1, 0.15) is 5.69 Å². The number of aryl methyl sites for hydroxylation is 1. The summed E-state index contributed by atoms with van der Waals surface area (Å²) >= 11 is 0. The molecule has 3 atom stereocenters. The smallest absolute Gasteiger partial charge is 0.262 e. The van der Waals surface area contributed by atoms with Crippen molar-refractivity contribution in [2.45, 2.75) is 64.9 Å². The third kappa shape index (κ3) is 6.00. The Kier molecular flexibility index (Phi) is 8.38. The van der Waals surface area contributed by atoms with Crippen molar-refractivity contribution in [3.8, 4) is 17.4 Å². The number of methoxy groups -OCH3 is 1. The number of nitrogens with one attached hydrogen (secondary N) is 1. The van der Waals surface area contributed by atoms with Crippen molar-refractivity contribution < 1.29 is 22.6 Å². The quantitative estimate of drug-likeness (QED) is 0.381. The number of ether oxygens (including phenoxy) is 3. The average Bonchev–Trinajstić information content (AvgIpc) is 3.57. The molecule has 0 saturated carbocycles. The minimum Gasteiger partial charge on any atom is -0.481 e. The van der Waals surface area contributed by atoms with Gasteiger partial charge in [-0.2, -0.15) is 0 Å². The van der Waals surface area contributed by atoms with Crippen LogP contribution < -0.4 is 9.46 Å². The highest BCUT2D eigenvalue weighted by Gasteiger charge is 2.34. The molecule has 12 nitrogen and oxygen atoms in total. The molecule has 0 spiro atoms. The molecule has 1 aliphatic rings. The second-order valence-electron chi connectivity index (χ2n) is 9.33. The van der Waals surface area contributed by atoms with Crippen LogP contribution in [0.2, 0.25) is 0 Å². The van der Waals surface area contributed by atoms with Crippen molar-refractivity contribution >= 4 is 16.0 Å². The first kappa shape index (κ1) is 27.6. The Morgan fingerprint density at radius 3 is 2.58 bits per heavy atom. The van der Waals surface area contributed by atoms with E-state index in [9.17, 15) is 8.42 Å². The maximum Gasteiger partial charge on any atom is 0.262 e. The minimum absolute atomic E-state index is 0.00175. The highest BCUT2D eigenvalue weighted by Crippen LogP contribution is 2.33. The van der Waals surface area contributed by atoms with Crippen LogP contribution in [0.1, 0.15) is 57.1 Å². The Bertz CT molecular complexity index is 1370. The monoisotopic (exact) mass is 543 g/mol. The first-order valence-corrected chi connectivity index (χ1v) is 13.8. The van der Waals surface area contributed by atoms with E-state index < -0.39 is 16.1 Å². The van der Waals surface area contributed by atoms with Gasteiger partial charge < -0.3 is 14.2 Å². The number of hydrogen-bond acceptors (Lipinski definition) is 10. The SMILES string of the molecule is C=C([C@@H](OC(C)C)c1ncc(C)cn1)S(=O)(=O)Nc1nnc(-c2cccc(OC)n2)n1[C@H](C)[C@H]1CCCO1. The predicted molar refractivity (Wildman–Crippen MR) is 141 cm³/mol. The number of hydrogen-bond donors (Lipinski definition) is 1. The van der Waals surface area contributed by atoms with Crippen LogP contribution in [0.4, 0.5) is 5.95 Å². The fourth-order valence-electron chi connectivity index (χ4n) is 4.14. The molecule has 3 aromatic rings. The van der Waals surface area contributed by atoms with Crippen molar-refractivity contribution in [1.29, 1.82) is 0 Å². The molecule has 0 amide bonds. The molecule has 1 N–H and O–H groups in total. The van der Waals surface area contributed by atoms with Crippen molar-refractivity contribution in [1.82, 2.24) is 29.7 Å². The Morgan fingerprint density at radius 2 is 1.95 bits per heavy atom. The molecule has 1 fully saturated rings. The van der Waals surface area contributed by atoms with E-state index in [0.717, 1.165) is 18.4 Å². The number of aromatic nitrogens is 6. The summed E-state index contributed by atoms with van der Waals surface area (Å²) in [5.74, 6) is 0.952. The Hall–Kier alpha value is -3.42. The van der Waals surface area contributed by atoms with Gasteiger partial charge in [0.2, 0.25) is 11.8 Å². The summed E-state index contributed by atoms with van der Waals surface area (Å²) < 4.78 is 48.5. The van der Waals surface area contributed by atoms with E-state index in [4.69, 9.17) is 14.2 Å². The van der Waals surface area contributed by atoms with Gasteiger partial charge in [-0.25, -0.2) is 28.1 Å². The van der Waals surface area contributed by atoms with E-state index >= 15 is 0 Å². The van der Waals surface area contributed by atoms with Crippen molar-refractivity contribution in [2.75, 3.05) is 18.4 Å². The number of nitrogens with zero attached hydrogens (tertiary/aromatic N) is 6. The lowest BCUT2D eigenvalue weighted by Gasteiger charge is -2.24. The third-order valence-electron chi connectivity index (χ3n) is 6.07. The molecule has 1 aliphatic heterocycles. The normalized spacial score (nSPS) is 17.4. The molecule has 204 valence electrons. The molecule has 0 aliphatic carbocycles. The van der Waals surface area contributed by atoms with Crippen LogP contribution in [-0.4, -0.2) is 64.1 Å². The number of pyridine rings is 1. The minimum atomic E-state index is -4.24.